The maximum Gasteiger partial charge on any atom is 0.348 e. The molecule has 0 unspecified atom stereocenters. The van der Waals surface area contributed by atoms with Gasteiger partial charge in [0.2, 0.25) is 5.91 Å². The monoisotopic (exact) mass is 410 g/mol. The summed E-state index contributed by atoms with van der Waals surface area (Å²) in [7, 11) is 1.18. The second kappa shape index (κ2) is 8.61. The van der Waals surface area contributed by atoms with Crippen LogP contribution in [0.15, 0.2) is 6.20 Å². The van der Waals surface area contributed by atoms with Gasteiger partial charge < -0.3 is 14.8 Å². The molecule has 0 aromatic carbocycles. The van der Waals surface area contributed by atoms with Crippen molar-refractivity contribution < 1.29 is 28.8 Å². The van der Waals surface area contributed by atoms with E-state index in [1.165, 1.54) is 14.0 Å². The van der Waals surface area contributed by atoms with Crippen LogP contribution in [0.1, 0.15) is 38.2 Å². The maximum atomic E-state index is 12.4. The highest BCUT2D eigenvalue weighted by molar-refractivity contribution is 7.18. The van der Waals surface area contributed by atoms with Crippen LogP contribution in [0.25, 0.3) is 0 Å². The van der Waals surface area contributed by atoms with Crippen molar-refractivity contribution in [1.82, 2.24) is 9.78 Å². The zero-order valence-electron chi connectivity index (χ0n) is 15.6. The van der Waals surface area contributed by atoms with Crippen molar-refractivity contribution in [2.75, 3.05) is 19.0 Å². The molecule has 0 saturated heterocycles. The quantitative estimate of drug-likeness (QED) is 0.415. The summed E-state index contributed by atoms with van der Waals surface area (Å²) in [4.78, 5) is 47.0. The second-order valence-corrected chi connectivity index (χ2v) is 6.57. The SMILES string of the molecule is CCOC(=O)c1sc(NC(=O)Cn2ncc([N+](=O)[O-])c2C)c(C(=O)OC)c1C. The van der Waals surface area contributed by atoms with Crippen molar-refractivity contribution in [2.24, 2.45) is 0 Å². The van der Waals surface area contributed by atoms with Crippen molar-refractivity contribution in [3.63, 3.8) is 0 Å². The van der Waals surface area contributed by atoms with E-state index in [-0.39, 0.29) is 40.0 Å². The molecule has 12 heteroatoms. The number of rotatable bonds is 7. The number of ether oxygens (including phenoxy) is 2. The van der Waals surface area contributed by atoms with E-state index in [2.05, 4.69) is 10.4 Å². The number of carbonyl (C=O) groups is 3. The summed E-state index contributed by atoms with van der Waals surface area (Å²) in [6.07, 6.45) is 1.05. The van der Waals surface area contributed by atoms with E-state index >= 15 is 0 Å². The highest BCUT2D eigenvalue weighted by Gasteiger charge is 2.27. The van der Waals surface area contributed by atoms with E-state index in [4.69, 9.17) is 9.47 Å². The Morgan fingerprint density at radius 3 is 2.54 bits per heavy atom. The average Bonchev–Trinajstić information content (AvgIpc) is 3.15. The number of nitrogens with one attached hydrogen (secondary N) is 1. The van der Waals surface area contributed by atoms with Crippen molar-refractivity contribution in [3.05, 3.63) is 38.0 Å². The van der Waals surface area contributed by atoms with Crippen LogP contribution in [0.4, 0.5) is 10.7 Å². The lowest BCUT2D eigenvalue weighted by Gasteiger charge is -2.07. The lowest BCUT2D eigenvalue weighted by Crippen LogP contribution is -2.21. The Morgan fingerprint density at radius 1 is 1.32 bits per heavy atom. The number of thiophene rings is 1. The molecule has 2 aromatic heterocycles. The van der Waals surface area contributed by atoms with Crippen molar-refractivity contribution in [2.45, 2.75) is 27.3 Å². The third kappa shape index (κ3) is 4.17. The standard InChI is InChI=1S/C16H18N4O7S/c1-5-27-16(23)13-8(2)12(15(22)26-4)14(28-13)18-11(21)7-19-9(3)10(6-17-19)20(24)25/h6H,5,7H2,1-4H3,(H,18,21). The van der Waals surface area contributed by atoms with Crippen LogP contribution in [-0.2, 0) is 20.8 Å². The van der Waals surface area contributed by atoms with Crippen LogP contribution in [0.3, 0.4) is 0 Å². The van der Waals surface area contributed by atoms with Crippen LogP contribution < -0.4 is 5.32 Å². The Kier molecular flexibility index (Phi) is 6.46. The molecule has 0 aliphatic heterocycles. The van der Waals surface area contributed by atoms with Gasteiger partial charge in [0.15, 0.2) is 0 Å². The van der Waals surface area contributed by atoms with Gasteiger partial charge in [-0.1, -0.05) is 0 Å². The minimum atomic E-state index is -0.717. The van der Waals surface area contributed by atoms with E-state index in [1.54, 1.807) is 13.8 Å². The second-order valence-electron chi connectivity index (χ2n) is 5.55. The molecule has 0 bridgehead atoms. The Bertz CT molecular complexity index is 947. The van der Waals surface area contributed by atoms with E-state index in [1.807, 2.05) is 0 Å². The highest BCUT2D eigenvalue weighted by Crippen LogP contribution is 2.34. The van der Waals surface area contributed by atoms with Gasteiger partial charge in [-0.25, -0.2) is 9.59 Å². The molecule has 0 spiro atoms. The first-order chi connectivity index (χ1) is 13.2. The van der Waals surface area contributed by atoms with Crippen LogP contribution >= 0.6 is 11.3 Å². The van der Waals surface area contributed by atoms with Crippen molar-refractivity contribution >= 4 is 39.9 Å². The van der Waals surface area contributed by atoms with Gasteiger partial charge in [0.1, 0.15) is 28.3 Å². The zero-order valence-corrected chi connectivity index (χ0v) is 16.4. The predicted octanol–water partition coefficient (Wildman–Crippen LogP) is 2.07. The molecule has 0 saturated carbocycles. The van der Waals surface area contributed by atoms with E-state index < -0.39 is 22.8 Å². The van der Waals surface area contributed by atoms with Gasteiger partial charge in [-0.3, -0.25) is 19.6 Å². The molecule has 0 radical (unpaired) electrons. The van der Waals surface area contributed by atoms with Crippen LogP contribution in [-0.4, -0.2) is 46.3 Å². The Hall–Kier alpha value is -3.28. The van der Waals surface area contributed by atoms with Crippen LogP contribution in [0, 0.1) is 24.0 Å². The van der Waals surface area contributed by atoms with Gasteiger partial charge in [-0.05, 0) is 26.3 Å². The Labute approximate surface area is 163 Å². The summed E-state index contributed by atoms with van der Waals surface area (Å²) < 4.78 is 10.9. The molecule has 2 rings (SSSR count). The minimum absolute atomic E-state index is 0.0482. The van der Waals surface area contributed by atoms with Crippen LogP contribution in [0.5, 0.6) is 0 Å². The number of hydrogen-bond donors (Lipinski definition) is 1. The maximum absolute atomic E-state index is 12.4. The summed E-state index contributed by atoms with van der Waals surface area (Å²) >= 11 is 0.886. The molecule has 2 aromatic rings. The summed E-state index contributed by atoms with van der Waals surface area (Å²) in [5, 5.41) is 17.4. The summed E-state index contributed by atoms with van der Waals surface area (Å²) in [5.74, 6) is -1.91. The molecule has 150 valence electrons. The van der Waals surface area contributed by atoms with E-state index in [9.17, 15) is 24.5 Å². The predicted molar refractivity (Wildman–Crippen MR) is 98.6 cm³/mol. The van der Waals surface area contributed by atoms with Gasteiger partial charge in [0.05, 0.1) is 24.2 Å². The fraction of sp³-hybridized carbons (Fsp3) is 0.375. The van der Waals surface area contributed by atoms with Gasteiger partial charge >= 0.3 is 17.6 Å². The highest BCUT2D eigenvalue weighted by atomic mass is 32.1. The number of hydrogen-bond acceptors (Lipinski definition) is 9. The van der Waals surface area contributed by atoms with Gasteiger partial charge in [-0.15, -0.1) is 11.3 Å². The smallest absolute Gasteiger partial charge is 0.348 e. The first-order valence-electron chi connectivity index (χ1n) is 8.06. The molecule has 1 amide bonds. The number of amides is 1. The lowest BCUT2D eigenvalue weighted by molar-refractivity contribution is -0.385. The number of nitrogens with zero attached hydrogens (tertiary/aromatic N) is 3. The number of aromatic nitrogens is 2. The number of nitro groups is 1. The topological polar surface area (TPSA) is 143 Å². The first kappa shape index (κ1) is 21.0. The zero-order chi connectivity index (χ0) is 21.0. The van der Waals surface area contributed by atoms with E-state index in [0.717, 1.165) is 22.2 Å². The first-order valence-corrected chi connectivity index (χ1v) is 8.88. The number of carbonyl (C=O) groups excluding carboxylic acids is 3. The minimum Gasteiger partial charge on any atom is -0.465 e. The molecular formula is C16H18N4O7S. The molecule has 0 atom stereocenters. The molecule has 28 heavy (non-hydrogen) atoms. The average molecular weight is 410 g/mol. The third-order valence-corrected chi connectivity index (χ3v) is 5.00. The van der Waals surface area contributed by atoms with Crippen LogP contribution in [0.2, 0.25) is 0 Å². The van der Waals surface area contributed by atoms with Crippen molar-refractivity contribution in [1.29, 1.82) is 0 Å². The van der Waals surface area contributed by atoms with E-state index in [0.29, 0.717) is 5.56 Å². The Balaban J connectivity index is 2.30. The molecule has 0 aliphatic carbocycles. The normalized spacial score (nSPS) is 10.4. The summed E-state index contributed by atoms with van der Waals surface area (Å²) in [6.45, 7) is 4.50. The fourth-order valence-corrected chi connectivity index (χ4v) is 3.52. The van der Waals surface area contributed by atoms with Gasteiger partial charge in [0, 0.05) is 0 Å². The van der Waals surface area contributed by atoms with Gasteiger partial charge in [-0.2, -0.15) is 5.10 Å². The molecule has 1 N–H and O–H groups in total. The summed E-state index contributed by atoms with van der Waals surface area (Å²) in [5.41, 5.74) is 0.381. The number of esters is 2. The largest absolute Gasteiger partial charge is 0.465 e. The molecule has 0 fully saturated rings. The molecule has 11 nitrogen and oxygen atoms in total. The molecular weight excluding hydrogens is 392 g/mol. The van der Waals surface area contributed by atoms with Gasteiger partial charge in [0.25, 0.3) is 0 Å². The lowest BCUT2D eigenvalue weighted by atomic mass is 10.1. The molecule has 2 heterocycles. The number of methoxy groups -OCH3 is 1. The number of anilines is 1. The van der Waals surface area contributed by atoms with Crippen molar-refractivity contribution in [3.8, 4) is 0 Å². The Morgan fingerprint density at radius 2 is 2.00 bits per heavy atom. The molecule has 0 aliphatic rings. The third-order valence-electron chi connectivity index (χ3n) is 3.82. The summed E-state index contributed by atoms with van der Waals surface area (Å²) in [6, 6.07) is 0. The fourth-order valence-electron chi connectivity index (χ4n) is 2.42.